The molecule has 0 aliphatic rings. The van der Waals surface area contributed by atoms with Crippen LogP contribution < -0.4 is 4.72 Å². The number of furan rings is 1. The van der Waals surface area contributed by atoms with Crippen LogP contribution >= 0.6 is 11.6 Å². The van der Waals surface area contributed by atoms with Crippen LogP contribution in [0, 0.1) is 0 Å². The van der Waals surface area contributed by atoms with Gasteiger partial charge in [0.1, 0.15) is 5.76 Å². The van der Waals surface area contributed by atoms with Crippen LogP contribution in [0.5, 0.6) is 0 Å². The Morgan fingerprint density at radius 2 is 2.14 bits per heavy atom. The number of ether oxygens (including phenoxy) is 1. The highest BCUT2D eigenvalue weighted by Gasteiger charge is 2.19. The van der Waals surface area contributed by atoms with Gasteiger partial charge in [0.05, 0.1) is 35.4 Å². The second kappa shape index (κ2) is 6.30. The molecule has 21 heavy (non-hydrogen) atoms. The van der Waals surface area contributed by atoms with Gasteiger partial charge in [-0.2, -0.15) is 0 Å². The zero-order valence-corrected chi connectivity index (χ0v) is 12.6. The first-order chi connectivity index (χ1) is 9.94. The van der Waals surface area contributed by atoms with Gasteiger partial charge in [0.25, 0.3) is 0 Å². The molecule has 1 heterocycles. The maximum Gasteiger partial charge on any atom is 0.339 e. The van der Waals surface area contributed by atoms with Gasteiger partial charge < -0.3 is 9.15 Å². The minimum absolute atomic E-state index is 0.00547. The van der Waals surface area contributed by atoms with Crippen molar-refractivity contribution in [2.24, 2.45) is 0 Å². The summed E-state index contributed by atoms with van der Waals surface area (Å²) < 4.78 is 36.3. The quantitative estimate of drug-likeness (QED) is 0.850. The van der Waals surface area contributed by atoms with E-state index >= 15 is 0 Å². The number of carbonyl (C=O) groups is 1. The Balaban J connectivity index is 2.25. The molecule has 0 radical (unpaired) electrons. The number of rotatable bonds is 5. The topological polar surface area (TPSA) is 85.6 Å². The van der Waals surface area contributed by atoms with E-state index in [1.165, 1.54) is 31.6 Å². The van der Waals surface area contributed by atoms with E-state index in [0.717, 1.165) is 0 Å². The van der Waals surface area contributed by atoms with Gasteiger partial charge in [-0.15, -0.1) is 0 Å². The van der Waals surface area contributed by atoms with Crippen molar-refractivity contribution < 1.29 is 22.4 Å². The van der Waals surface area contributed by atoms with Crippen LogP contribution in [-0.2, 0) is 21.3 Å². The third-order valence-corrected chi connectivity index (χ3v) is 4.40. The van der Waals surface area contributed by atoms with Crippen molar-refractivity contribution in [3.8, 4) is 0 Å². The monoisotopic (exact) mass is 329 g/mol. The molecule has 0 saturated heterocycles. The van der Waals surface area contributed by atoms with Crippen molar-refractivity contribution in [1.29, 1.82) is 0 Å². The fraction of sp³-hybridized carbons (Fsp3) is 0.154. The van der Waals surface area contributed by atoms with Crippen molar-refractivity contribution in [3.63, 3.8) is 0 Å². The van der Waals surface area contributed by atoms with Crippen LogP contribution in [0.15, 0.2) is 45.9 Å². The Hall–Kier alpha value is -1.83. The Morgan fingerprint density at radius 1 is 1.38 bits per heavy atom. The molecule has 112 valence electrons. The predicted molar refractivity (Wildman–Crippen MR) is 75.5 cm³/mol. The summed E-state index contributed by atoms with van der Waals surface area (Å²) in [5, 5.41) is 0.117. The van der Waals surface area contributed by atoms with Crippen LogP contribution in [0.2, 0.25) is 5.02 Å². The molecular formula is C13H12ClNO5S. The molecule has 0 atom stereocenters. The largest absolute Gasteiger partial charge is 0.468 e. The Labute approximate surface area is 126 Å². The number of sulfonamides is 1. The van der Waals surface area contributed by atoms with E-state index in [9.17, 15) is 13.2 Å². The second-order valence-electron chi connectivity index (χ2n) is 4.04. The van der Waals surface area contributed by atoms with Gasteiger partial charge in [0.15, 0.2) is 0 Å². The number of methoxy groups -OCH3 is 1. The number of benzene rings is 1. The molecule has 0 aliphatic heterocycles. The molecule has 0 fully saturated rings. The molecule has 6 nitrogen and oxygen atoms in total. The van der Waals surface area contributed by atoms with Gasteiger partial charge in [-0.25, -0.2) is 17.9 Å². The maximum atomic E-state index is 12.2. The summed E-state index contributed by atoms with van der Waals surface area (Å²) in [4.78, 5) is 11.4. The van der Waals surface area contributed by atoms with Crippen LogP contribution in [0.1, 0.15) is 16.1 Å². The first-order valence-electron chi connectivity index (χ1n) is 5.84. The summed E-state index contributed by atoms with van der Waals surface area (Å²) in [7, 11) is -2.60. The Morgan fingerprint density at radius 3 is 2.76 bits per heavy atom. The smallest absolute Gasteiger partial charge is 0.339 e. The van der Waals surface area contributed by atoms with Crippen LogP contribution in [0.25, 0.3) is 0 Å². The van der Waals surface area contributed by atoms with Crippen molar-refractivity contribution in [2.75, 3.05) is 7.11 Å². The van der Waals surface area contributed by atoms with Crippen molar-refractivity contribution in [1.82, 2.24) is 4.72 Å². The molecule has 0 aliphatic carbocycles. The molecule has 0 unspecified atom stereocenters. The molecule has 1 aromatic heterocycles. The Kier molecular flexibility index (Phi) is 4.66. The van der Waals surface area contributed by atoms with E-state index in [-0.39, 0.29) is 22.0 Å². The fourth-order valence-corrected chi connectivity index (χ4v) is 2.81. The lowest BCUT2D eigenvalue weighted by atomic mass is 10.2. The first-order valence-corrected chi connectivity index (χ1v) is 7.70. The van der Waals surface area contributed by atoms with E-state index in [1.807, 2.05) is 0 Å². The van der Waals surface area contributed by atoms with Crippen molar-refractivity contribution in [3.05, 3.63) is 52.9 Å². The summed E-state index contributed by atoms with van der Waals surface area (Å²) in [6.07, 6.45) is 1.45. The predicted octanol–water partition coefficient (Wildman–Crippen LogP) is 2.20. The molecule has 1 aromatic carbocycles. The lowest BCUT2D eigenvalue weighted by molar-refractivity contribution is 0.0600. The van der Waals surface area contributed by atoms with E-state index in [4.69, 9.17) is 16.0 Å². The molecule has 2 rings (SSSR count). The number of esters is 1. The number of nitrogens with one attached hydrogen (secondary N) is 1. The number of halogens is 1. The minimum atomic E-state index is -3.79. The highest BCUT2D eigenvalue weighted by atomic mass is 35.5. The lowest BCUT2D eigenvalue weighted by Crippen LogP contribution is -2.23. The molecule has 8 heteroatoms. The Bertz CT molecular complexity index is 740. The summed E-state index contributed by atoms with van der Waals surface area (Å²) in [6.45, 7) is 0.00547. The van der Waals surface area contributed by atoms with Gasteiger partial charge in [-0.3, -0.25) is 0 Å². The number of hydrogen-bond acceptors (Lipinski definition) is 5. The van der Waals surface area contributed by atoms with E-state index in [2.05, 4.69) is 9.46 Å². The van der Waals surface area contributed by atoms with E-state index in [1.54, 1.807) is 12.1 Å². The normalized spacial score (nSPS) is 11.3. The minimum Gasteiger partial charge on any atom is -0.468 e. The molecule has 0 amide bonds. The number of carbonyl (C=O) groups excluding carboxylic acids is 1. The van der Waals surface area contributed by atoms with Gasteiger partial charge in [-0.05, 0) is 30.3 Å². The highest BCUT2D eigenvalue weighted by molar-refractivity contribution is 7.89. The van der Waals surface area contributed by atoms with Gasteiger partial charge in [0.2, 0.25) is 10.0 Å². The molecule has 0 saturated carbocycles. The third kappa shape index (κ3) is 3.63. The zero-order valence-electron chi connectivity index (χ0n) is 11.0. The van der Waals surface area contributed by atoms with Gasteiger partial charge in [0, 0.05) is 0 Å². The fourth-order valence-electron chi connectivity index (χ4n) is 1.60. The third-order valence-electron chi connectivity index (χ3n) is 2.67. The van der Waals surface area contributed by atoms with E-state index in [0.29, 0.717) is 5.76 Å². The average Bonchev–Trinajstić information content (AvgIpc) is 2.98. The lowest BCUT2D eigenvalue weighted by Gasteiger charge is -2.08. The average molecular weight is 330 g/mol. The van der Waals surface area contributed by atoms with Crippen molar-refractivity contribution in [2.45, 2.75) is 11.4 Å². The zero-order chi connectivity index (χ0) is 15.5. The first kappa shape index (κ1) is 15.6. The van der Waals surface area contributed by atoms with Gasteiger partial charge >= 0.3 is 5.97 Å². The molecular weight excluding hydrogens is 318 g/mol. The van der Waals surface area contributed by atoms with Crippen molar-refractivity contribution >= 4 is 27.6 Å². The van der Waals surface area contributed by atoms with E-state index < -0.39 is 16.0 Å². The summed E-state index contributed by atoms with van der Waals surface area (Å²) in [5.74, 6) is -0.233. The van der Waals surface area contributed by atoms with Crippen LogP contribution in [0.3, 0.4) is 0 Å². The second-order valence-corrected chi connectivity index (χ2v) is 6.21. The highest BCUT2D eigenvalue weighted by Crippen LogP contribution is 2.21. The standard InChI is InChI=1S/C13H12ClNO5S/c1-19-13(16)11-7-10(4-5-12(11)14)21(17,18)15-8-9-3-2-6-20-9/h2-7,15H,8H2,1H3. The maximum absolute atomic E-state index is 12.2. The summed E-state index contributed by atoms with van der Waals surface area (Å²) in [6, 6.07) is 7.10. The molecule has 2 aromatic rings. The summed E-state index contributed by atoms with van der Waals surface area (Å²) >= 11 is 5.85. The molecule has 0 bridgehead atoms. The molecule has 0 spiro atoms. The van der Waals surface area contributed by atoms with Crippen LogP contribution in [-0.4, -0.2) is 21.5 Å². The van der Waals surface area contributed by atoms with Crippen LogP contribution in [0.4, 0.5) is 0 Å². The SMILES string of the molecule is COC(=O)c1cc(S(=O)(=O)NCc2ccco2)ccc1Cl. The molecule has 1 N–H and O–H groups in total. The summed E-state index contributed by atoms with van der Waals surface area (Å²) in [5.41, 5.74) is -0.0139. The van der Waals surface area contributed by atoms with Gasteiger partial charge in [-0.1, -0.05) is 11.6 Å². The number of hydrogen-bond donors (Lipinski definition) is 1.